The van der Waals surface area contributed by atoms with Crippen LogP contribution in [-0.4, -0.2) is 43.9 Å². The SMILES string of the molecule is COCC(C)CNC(=O)NCCc1ccccc1C(=O)O. The van der Waals surface area contributed by atoms with E-state index in [4.69, 9.17) is 9.84 Å². The lowest BCUT2D eigenvalue weighted by Crippen LogP contribution is -2.39. The van der Waals surface area contributed by atoms with E-state index in [9.17, 15) is 9.59 Å². The molecular formula is C15H22N2O4. The predicted molar refractivity (Wildman–Crippen MR) is 79.5 cm³/mol. The third-order valence-corrected chi connectivity index (χ3v) is 2.99. The second-order valence-corrected chi connectivity index (χ2v) is 4.91. The van der Waals surface area contributed by atoms with Gasteiger partial charge in [0.1, 0.15) is 0 Å². The molecule has 1 aromatic rings. The van der Waals surface area contributed by atoms with Crippen LogP contribution in [-0.2, 0) is 11.2 Å². The maximum Gasteiger partial charge on any atom is 0.335 e. The van der Waals surface area contributed by atoms with Crippen molar-refractivity contribution in [1.82, 2.24) is 10.6 Å². The van der Waals surface area contributed by atoms with E-state index in [1.165, 1.54) is 0 Å². The Morgan fingerprint density at radius 2 is 2.00 bits per heavy atom. The highest BCUT2D eigenvalue weighted by atomic mass is 16.5. The van der Waals surface area contributed by atoms with Gasteiger partial charge in [-0.05, 0) is 24.0 Å². The van der Waals surface area contributed by atoms with Crippen LogP contribution in [0.1, 0.15) is 22.8 Å². The van der Waals surface area contributed by atoms with Gasteiger partial charge in [0.05, 0.1) is 12.2 Å². The number of benzene rings is 1. The van der Waals surface area contributed by atoms with E-state index < -0.39 is 5.97 Å². The number of hydrogen-bond acceptors (Lipinski definition) is 3. The number of rotatable bonds is 8. The van der Waals surface area contributed by atoms with Gasteiger partial charge in [-0.15, -0.1) is 0 Å². The second-order valence-electron chi connectivity index (χ2n) is 4.91. The summed E-state index contributed by atoms with van der Waals surface area (Å²) in [6.45, 7) is 3.49. The van der Waals surface area contributed by atoms with Crippen molar-refractivity contribution in [2.75, 3.05) is 26.8 Å². The highest BCUT2D eigenvalue weighted by Crippen LogP contribution is 2.08. The molecule has 0 spiro atoms. The van der Waals surface area contributed by atoms with Crippen LogP contribution in [0.4, 0.5) is 4.79 Å². The van der Waals surface area contributed by atoms with Crippen molar-refractivity contribution >= 4 is 12.0 Å². The van der Waals surface area contributed by atoms with Gasteiger partial charge in [-0.1, -0.05) is 25.1 Å². The molecule has 3 N–H and O–H groups in total. The third-order valence-electron chi connectivity index (χ3n) is 2.99. The molecule has 6 heteroatoms. The Hall–Kier alpha value is -2.08. The van der Waals surface area contributed by atoms with Crippen LogP contribution < -0.4 is 10.6 Å². The molecule has 0 aliphatic rings. The predicted octanol–water partition coefficient (Wildman–Crippen LogP) is 1.51. The number of carboxylic acid groups (broad SMARTS) is 1. The maximum atomic E-state index is 11.6. The normalized spacial score (nSPS) is 11.7. The lowest BCUT2D eigenvalue weighted by atomic mass is 10.0. The van der Waals surface area contributed by atoms with Gasteiger partial charge in [0.15, 0.2) is 0 Å². The summed E-state index contributed by atoms with van der Waals surface area (Å²) < 4.78 is 4.98. The molecule has 0 aromatic heterocycles. The van der Waals surface area contributed by atoms with Crippen molar-refractivity contribution in [3.8, 4) is 0 Å². The van der Waals surface area contributed by atoms with E-state index >= 15 is 0 Å². The summed E-state index contributed by atoms with van der Waals surface area (Å²) >= 11 is 0. The van der Waals surface area contributed by atoms with Crippen molar-refractivity contribution < 1.29 is 19.4 Å². The van der Waals surface area contributed by atoms with E-state index in [1.807, 2.05) is 6.92 Å². The first-order valence-corrected chi connectivity index (χ1v) is 6.86. The zero-order valence-corrected chi connectivity index (χ0v) is 12.4. The average Bonchev–Trinajstić information content (AvgIpc) is 2.46. The van der Waals surface area contributed by atoms with Gasteiger partial charge in [0, 0.05) is 20.2 Å². The molecule has 1 aromatic carbocycles. The summed E-state index contributed by atoms with van der Waals surface area (Å²) in [6.07, 6.45) is 0.476. The number of ether oxygens (including phenoxy) is 1. The van der Waals surface area contributed by atoms with Crippen molar-refractivity contribution in [1.29, 1.82) is 0 Å². The summed E-state index contributed by atoms with van der Waals surface area (Å²) in [7, 11) is 1.62. The van der Waals surface area contributed by atoms with Crippen LogP contribution in [0, 0.1) is 5.92 Å². The molecule has 6 nitrogen and oxygen atoms in total. The van der Waals surface area contributed by atoms with Crippen LogP contribution in [0.3, 0.4) is 0 Å². The largest absolute Gasteiger partial charge is 0.478 e. The summed E-state index contributed by atoms with van der Waals surface area (Å²) in [4.78, 5) is 22.6. The summed E-state index contributed by atoms with van der Waals surface area (Å²) in [5.74, 6) is -0.711. The molecule has 1 atom stereocenters. The van der Waals surface area contributed by atoms with Gasteiger partial charge in [-0.3, -0.25) is 0 Å². The summed E-state index contributed by atoms with van der Waals surface area (Å²) in [5.41, 5.74) is 0.978. The molecule has 0 saturated heterocycles. The van der Waals surface area contributed by atoms with Gasteiger partial charge in [-0.25, -0.2) is 9.59 Å². The number of amides is 2. The first-order chi connectivity index (χ1) is 10.0. The number of urea groups is 1. The molecule has 116 valence electrons. The van der Waals surface area contributed by atoms with E-state index in [-0.39, 0.29) is 17.5 Å². The van der Waals surface area contributed by atoms with Crippen LogP contribution >= 0.6 is 0 Å². The fourth-order valence-electron chi connectivity index (χ4n) is 1.93. The highest BCUT2D eigenvalue weighted by Gasteiger charge is 2.09. The Bertz CT molecular complexity index is 476. The molecule has 2 amide bonds. The van der Waals surface area contributed by atoms with Crippen molar-refractivity contribution in [3.05, 3.63) is 35.4 Å². The minimum Gasteiger partial charge on any atom is -0.478 e. The summed E-state index contributed by atoms with van der Waals surface area (Å²) in [5, 5.41) is 14.5. The van der Waals surface area contributed by atoms with E-state index in [2.05, 4.69) is 10.6 Å². The Kier molecular flexibility index (Phi) is 7.25. The Morgan fingerprint density at radius 1 is 1.29 bits per heavy atom. The van der Waals surface area contributed by atoms with Crippen molar-refractivity contribution in [3.63, 3.8) is 0 Å². The zero-order chi connectivity index (χ0) is 15.7. The molecule has 0 aliphatic carbocycles. The molecular weight excluding hydrogens is 272 g/mol. The maximum absolute atomic E-state index is 11.6. The standard InChI is InChI=1S/C15H22N2O4/c1-11(10-21-2)9-17-15(20)16-8-7-12-5-3-4-6-13(12)14(18)19/h3-6,11H,7-10H2,1-2H3,(H,18,19)(H2,16,17,20). The van der Waals surface area contributed by atoms with Crippen molar-refractivity contribution in [2.24, 2.45) is 5.92 Å². The zero-order valence-electron chi connectivity index (χ0n) is 12.4. The lowest BCUT2D eigenvalue weighted by Gasteiger charge is -2.12. The average molecular weight is 294 g/mol. The minimum absolute atomic E-state index is 0.244. The lowest BCUT2D eigenvalue weighted by molar-refractivity contribution is 0.0695. The fraction of sp³-hybridized carbons (Fsp3) is 0.467. The smallest absolute Gasteiger partial charge is 0.335 e. The van der Waals surface area contributed by atoms with Crippen LogP contribution in [0.2, 0.25) is 0 Å². The third kappa shape index (κ3) is 6.27. The molecule has 1 unspecified atom stereocenters. The molecule has 1 rings (SSSR count). The van der Waals surface area contributed by atoms with Gasteiger partial charge in [0.25, 0.3) is 0 Å². The molecule has 0 fully saturated rings. The van der Waals surface area contributed by atoms with Crippen LogP contribution in [0.5, 0.6) is 0 Å². The van der Waals surface area contributed by atoms with Gasteiger partial charge in [0.2, 0.25) is 0 Å². The van der Waals surface area contributed by atoms with Crippen molar-refractivity contribution in [2.45, 2.75) is 13.3 Å². The monoisotopic (exact) mass is 294 g/mol. The molecule has 0 bridgehead atoms. The summed E-state index contributed by atoms with van der Waals surface area (Å²) in [6, 6.07) is 6.53. The van der Waals surface area contributed by atoms with Crippen LogP contribution in [0.25, 0.3) is 0 Å². The first-order valence-electron chi connectivity index (χ1n) is 6.86. The van der Waals surface area contributed by atoms with Gasteiger partial charge >= 0.3 is 12.0 Å². The number of carbonyl (C=O) groups is 2. The number of aromatic carboxylic acids is 1. The van der Waals surface area contributed by atoms with Gasteiger partial charge < -0.3 is 20.5 Å². The van der Waals surface area contributed by atoms with E-state index in [0.29, 0.717) is 31.7 Å². The minimum atomic E-state index is -0.955. The Balaban J connectivity index is 2.33. The first kappa shape index (κ1) is 17.0. The molecule has 0 saturated carbocycles. The highest BCUT2D eigenvalue weighted by molar-refractivity contribution is 5.89. The number of carbonyl (C=O) groups excluding carboxylic acids is 1. The molecule has 21 heavy (non-hydrogen) atoms. The second kappa shape index (κ2) is 8.97. The quantitative estimate of drug-likeness (QED) is 0.678. The topological polar surface area (TPSA) is 87.7 Å². The number of methoxy groups -OCH3 is 1. The molecule has 0 heterocycles. The van der Waals surface area contributed by atoms with Crippen LogP contribution in [0.15, 0.2) is 24.3 Å². The number of nitrogens with one attached hydrogen (secondary N) is 2. The number of hydrogen-bond donors (Lipinski definition) is 3. The Labute approximate surface area is 124 Å². The fourth-order valence-corrected chi connectivity index (χ4v) is 1.93. The molecule has 0 aliphatic heterocycles. The van der Waals surface area contributed by atoms with Gasteiger partial charge in [-0.2, -0.15) is 0 Å². The molecule has 0 radical (unpaired) electrons. The number of carboxylic acids is 1. The van der Waals surface area contributed by atoms with E-state index in [1.54, 1.807) is 31.4 Å². The van der Waals surface area contributed by atoms with E-state index in [0.717, 1.165) is 0 Å². The Morgan fingerprint density at radius 3 is 2.67 bits per heavy atom.